The van der Waals surface area contributed by atoms with E-state index in [2.05, 4.69) is 5.10 Å². The molecule has 0 unspecified atom stereocenters. The zero-order chi connectivity index (χ0) is 16.8. The molecular weight excluding hydrogens is 337 g/mol. The highest BCUT2D eigenvalue weighted by atomic mass is 35.5. The Bertz CT molecular complexity index is 686. The van der Waals surface area contributed by atoms with Crippen molar-refractivity contribution in [1.29, 1.82) is 0 Å². The highest BCUT2D eigenvalue weighted by Gasteiger charge is 2.19. The summed E-state index contributed by atoms with van der Waals surface area (Å²) in [6.07, 6.45) is 3.49. The van der Waals surface area contributed by atoms with Gasteiger partial charge in [0.1, 0.15) is 11.3 Å². The number of halogens is 2. The summed E-state index contributed by atoms with van der Waals surface area (Å²) < 4.78 is 6.85. The molecule has 0 saturated carbocycles. The smallest absolute Gasteiger partial charge is 0.341 e. The van der Waals surface area contributed by atoms with Crippen molar-refractivity contribution in [3.05, 3.63) is 40.0 Å². The molecule has 2 N–H and O–H groups in total. The number of benzene rings is 1. The van der Waals surface area contributed by atoms with Gasteiger partial charge in [0.05, 0.1) is 16.7 Å². The van der Waals surface area contributed by atoms with Gasteiger partial charge in [-0.3, -0.25) is 4.68 Å². The van der Waals surface area contributed by atoms with Gasteiger partial charge in [0.2, 0.25) is 0 Å². The van der Waals surface area contributed by atoms with Crippen LogP contribution in [-0.4, -0.2) is 28.9 Å². The molecule has 1 aromatic carbocycles. The number of aromatic nitrogens is 2. The van der Waals surface area contributed by atoms with Crippen molar-refractivity contribution >= 4 is 29.2 Å². The Balaban J connectivity index is 2.37. The maximum absolute atomic E-state index is 12.2. The quantitative estimate of drug-likeness (QED) is 0.606. The summed E-state index contributed by atoms with van der Waals surface area (Å²) in [4.78, 5) is 12.2. The minimum absolute atomic E-state index is 0.304. The molecule has 124 valence electrons. The van der Waals surface area contributed by atoms with Crippen LogP contribution in [0.5, 0.6) is 0 Å². The molecule has 0 bridgehead atoms. The van der Waals surface area contributed by atoms with Gasteiger partial charge in [0.15, 0.2) is 0 Å². The van der Waals surface area contributed by atoms with Crippen molar-refractivity contribution in [3.8, 4) is 11.3 Å². The van der Waals surface area contributed by atoms with Crippen LogP contribution in [0.1, 0.15) is 30.1 Å². The third-order valence-corrected chi connectivity index (χ3v) is 4.03. The van der Waals surface area contributed by atoms with Gasteiger partial charge in [0.25, 0.3) is 0 Å². The third-order valence-electron chi connectivity index (χ3n) is 3.29. The van der Waals surface area contributed by atoms with Gasteiger partial charge < -0.3 is 10.5 Å². The molecule has 0 atom stereocenters. The number of rotatable bonds is 7. The van der Waals surface area contributed by atoms with E-state index in [-0.39, 0.29) is 0 Å². The molecular formula is C16H19Cl2N3O2. The first-order chi connectivity index (χ1) is 11.1. The summed E-state index contributed by atoms with van der Waals surface area (Å²) in [7, 11) is 0. The van der Waals surface area contributed by atoms with Crippen LogP contribution >= 0.6 is 23.2 Å². The minimum atomic E-state index is -0.404. The molecule has 0 amide bonds. The van der Waals surface area contributed by atoms with Crippen molar-refractivity contribution < 1.29 is 9.53 Å². The Morgan fingerprint density at radius 3 is 2.74 bits per heavy atom. The fraction of sp³-hybridized carbons (Fsp3) is 0.375. The lowest BCUT2D eigenvalue weighted by Gasteiger charge is -2.04. The van der Waals surface area contributed by atoms with Gasteiger partial charge >= 0.3 is 5.97 Å². The van der Waals surface area contributed by atoms with Crippen molar-refractivity contribution in [3.63, 3.8) is 0 Å². The Morgan fingerprint density at radius 2 is 2.09 bits per heavy atom. The van der Waals surface area contributed by atoms with Crippen LogP contribution in [0.3, 0.4) is 0 Å². The second kappa shape index (κ2) is 8.34. The molecule has 1 aromatic heterocycles. The Kier molecular flexibility index (Phi) is 6.45. The van der Waals surface area contributed by atoms with Crippen molar-refractivity contribution in [2.75, 3.05) is 13.2 Å². The zero-order valence-corrected chi connectivity index (χ0v) is 14.4. The van der Waals surface area contributed by atoms with Crippen molar-refractivity contribution in [1.82, 2.24) is 9.78 Å². The molecule has 0 spiro atoms. The molecule has 0 aliphatic carbocycles. The van der Waals surface area contributed by atoms with Crippen LogP contribution in [0.2, 0.25) is 10.0 Å². The number of ether oxygens (including phenoxy) is 1. The van der Waals surface area contributed by atoms with Crippen LogP contribution in [0.15, 0.2) is 24.4 Å². The molecule has 0 fully saturated rings. The summed E-state index contributed by atoms with van der Waals surface area (Å²) in [5, 5.41) is 5.37. The van der Waals surface area contributed by atoms with E-state index in [1.807, 2.05) is 0 Å². The summed E-state index contributed by atoms with van der Waals surface area (Å²) >= 11 is 12.0. The number of nitrogens with zero attached hydrogens (tertiary/aromatic N) is 2. The average Bonchev–Trinajstić information content (AvgIpc) is 2.95. The average molecular weight is 356 g/mol. The van der Waals surface area contributed by atoms with E-state index < -0.39 is 5.97 Å². The van der Waals surface area contributed by atoms with Crippen LogP contribution in [0.25, 0.3) is 11.3 Å². The normalized spacial score (nSPS) is 10.8. The second-order valence-electron chi connectivity index (χ2n) is 5.00. The number of hydrogen-bond acceptors (Lipinski definition) is 4. The molecule has 2 rings (SSSR count). The SMILES string of the molecule is CCOC(=O)c1cn(CCCCN)nc1-c1ccc(Cl)c(Cl)c1. The summed E-state index contributed by atoms with van der Waals surface area (Å²) in [5.41, 5.74) is 7.18. The predicted octanol–water partition coefficient (Wildman–Crippen LogP) is 3.77. The monoisotopic (exact) mass is 355 g/mol. The van der Waals surface area contributed by atoms with E-state index in [4.69, 9.17) is 33.7 Å². The second-order valence-corrected chi connectivity index (χ2v) is 5.81. The molecule has 0 saturated heterocycles. The molecule has 23 heavy (non-hydrogen) atoms. The summed E-state index contributed by atoms with van der Waals surface area (Å²) in [5.74, 6) is -0.404. The Labute approximate surface area is 145 Å². The molecule has 0 aliphatic rings. The number of carbonyl (C=O) groups excluding carboxylic acids is 1. The van der Waals surface area contributed by atoms with Gasteiger partial charge in [-0.25, -0.2) is 4.79 Å². The van der Waals surface area contributed by atoms with E-state index in [1.54, 1.807) is 36.0 Å². The van der Waals surface area contributed by atoms with Gasteiger partial charge in [-0.15, -0.1) is 0 Å². The van der Waals surface area contributed by atoms with Crippen LogP contribution in [0, 0.1) is 0 Å². The number of nitrogens with two attached hydrogens (primary N) is 1. The Hall–Kier alpha value is -1.56. The molecule has 0 radical (unpaired) electrons. The highest BCUT2D eigenvalue weighted by molar-refractivity contribution is 6.42. The lowest BCUT2D eigenvalue weighted by molar-refractivity contribution is 0.0527. The van der Waals surface area contributed by atoms with Crippen molar-refractivity contribution in [2.24, 2.45) is 5.73 Å². The first-order valence-electron chi connectivity index (χ1n) is 7.46. The Morgan fingerprint density at radius 1 is 1.30 bits per heavy atom. The first kappa shape index (κ1) is 17.8. The number of aryl methyl sites for hydroxylation is 1. The first-order valence-corrected chi connectivity index (χ1v) is 8.22. The molecule has 7 heteroatoms. The highest BCUT2D eigenvalue weighted by Crippen LogP contribution is 2.30. The van der Waals surface area contributed by atoms with E-state index in [1.165, 1.54) is 0 Å². The van der Waals surface area contributed by atoms with Gasteiger partial charge in [-0.05, 0) is 38.4 Å². The van der Waals surface area contributed by atoms with Crippen LogP contribution in [-0.2, 0) is 11.3 Å². The van der Waals surface area contributed by atoms with Crippen molar-refractivity contribution in [2.45, 2.75) is 26.3 Å². The van der Waals surface area contributed by atoms with Gasteiger partial charge in [0, 0.05) is 18.3 Å². The van der Waals surface area contributed by atoms with Gasteiger partial charge in [-0.1, -0.05) is 29.3 Å². The summed E-state index contributed by atoms with van der Waals surface area (Å²) in [6.45, 7) is 3.39. The number of unbranched alkanes of at least 4 members (excludes halogenated alkanes) is 1. The molecule has 2 aromatic rings. The molecule has 5 nitrogen and oxygen atoms in total. The van der Waals surface area contributed by atoms with E-state index >= 15 is 0 Å². The van der Waals surface area contributed by atoms with Gasteiger partial charge in [-0.2, -0.15) is 5.10 Å². The largest absolute Gasteiger partial charge is 0.462 e. The fourth-order valence-corrected chi connectivity index (χ4v) is 2.47. The lowest BCUT2D eigenvalue weighted by atomic mass is 10.1. The third kappa shape index (κ3) is 4.47. The van der Waals surface area contributed by atoms with E-state index in [9.17, 15) is 4.79 Å². The van der Waals surface area contributed by atoms with Crippen LogP contribution < -0.4 is 5.73 Å². The van der Waals surface area contributed by atoms with Crippen LogP contribution in [0.4, 0.5) is 0 Å². The number of carbonyl (C=O) groups is 1. The maximum Gasteiger partial charge on any atom is 0.341 e. The number of hydrogen-bond donors (Lipinski definition) is 1. The molecule has 1 heterocycles. The van der Waals surface area contributed by atoms with E-state index in [0.717, 1.165) is 18.4 Å². The predicted molar refractivity (Wildman–Crippen MR) is 91.9 cm³/mol. The maximum atomic E-state index is 12.2. The van der Waals surface area contributed by atoms with E-state index in [0.29, 0.717) is 41.0 Å². The lowest BCUT2D eigenvalue weighted by Crippen LogP contribution is -2.05. The number of esters is 1. The topological polar surface area (TPSA) is 70.1 Å². The summed E-state index contributed by atoms with van der Waals surface area (Å²) in [6, 6.07) is 5.16. The molecule has 0 aliphatic heterocycles. The standard InChI is InChI=1S/C16H19Cl2N3O2/c1-2-23-16(22)12-10-21(8-4-3-7-19)20-15(12)11-5-6-13(17)14(18)9-11/h5-6,9-10H,2-4,7-8,19H2,1H3. The zero-order valence-electron chi connectivity index (χ0n) is 12.9. The fourth-order valence-electron chi connectivity index (χ4n) is 2.17. The minimum Gasteiger partial charge on any atom is -0.462 e.